The molecule has 0 aliphatic carbocycles. The maximum absolute atomic E-state index is 12.9. The van der Waals surface area contributed by atoms with E-state index in [-0.39, 0.29) is 17.9 Å². The largest absolute Gasteiger partial charge is 0.465 e. The van der Waals surface area contributed by atoms with E-state index in [1.807, 2.05) is 70.2 Å². The van der Waals surface area contributed by atoms with Crippen molar-refractivity contribution < 1.29 is 23.9 Å². The number of piperazine rings is 1. The molecule has 2 amide bonds. The highest BCUT2D eigenvalue weighted by molar-refractivity contribution is 5.94. The van der Waals surface area contributed by atoms with Gasteiger partial charge in [0, 0.05) is 50.7 Å². The first kappa shape index (κ1) is 28.2. The second-order valence-corrected chi connectivity index (χ2v) is 9.84. The summed E-state index contributed by atoms with van der Waals surface area (Å²) in [5.41, 5.74) is 2.15. The Hall–Kier alpha value is -3.39. The van der Waals surface area contributed by atoms with Crippen LogP contribution >= 0.6 is 0 Å². The summed E-state index contributed by atoms with van der Waals surface area (Å²) in [6.45, 7) is 11.7. The second kappa shape index (κ2) is 12.7. The molecule has 2 aromatic carbocycles. The van der Waals surface area contributed by atoms with Crippen LogP contribution in [0.2, 0.25) is 0 Å². The van der Waals surface area contributed by atoms with Crippen molar-refractivity contribution in [3.63, 3.8) is 0 Å². The number of carbonyl (C=O) groups excluding carboxylic acids is 3. The van der Waals surface area contributed by atoms with E-state index in [1.54, 1.807) is 15.9 Å². The van der Waals surface area contributed by atoms with E-state index in [9.17, 15) is 14.4 Å². The summed E-state index contributed by atoms with van der Waals surface area (Å²) in [4.78, 5) is 41.4. The molecule has 3 rings (SSSR count). The van der Waals surface area contributed by atoms with Crippen molar-refractivity contribution >= 4 is 18.0 Å². The molecular weight excluding hydrogens is 470 g/mol. The average molecular weight is 510 g/mol. The lowest BCUT2D eigenvalue weighted by Crippen LogP contribution is -2.48. The van der Waals surface area contributed by atoms with Crippen LogP contribution in [-0.4, -0.2) is 79.7 Å². The van der Waals surface area contributed by atoms with Crippen molar-refractivity contribution in [2.75, 3.05) is 46.4 Å². The van der Waals surface area contributed by atoms with Gasteiger partial charge < -0.3 is 24.6 Å². The third kappa shape index (κ3) is 7.32. The topological polar surface area (TPSA) is 88.2 Å². The van der Waals surface area contributed by atoms with Crippen molar-refractivity contribution in [2.24, 2.45) is 0 Å². The zero-order chi connectivity index (χ0) is 27.0. The Morgan fingerprint density at radius 3 is 2.22 bits per heavy atom. The first-order valence-electron chi connectivity index (χ1n) is 12.9. The van der Waals surface area contributed by atoms with E-state index >= 15 is 0 Å². The normalized spacial score (nSPS) is 14.6. The molecule has 1 aliphatic rings. The van der Waals surface area contributed by atoms with Crippen molar-refractivity contribution in [1.29, 1.82) is 0 Å². The molecule has 37 heavy (non-hydrogen) atoms. The van der Waals surface area contributed by atoms with Gasteiger partial charge in [-0.05, 0) is 69.5 Å². The molecule has 1 saturated heterocycles. The maximum Gasteiger partial charge on any atom is 0.410 e. The van der Waals surface area contributed by atoms with Crippen LogP contribution in [0.1, 0.15) is 71.9 Å². The smallest absolute Gasteiger partial charge is 0.410 e. The Balaban J connectivity index is 1.91. The first-order valence-corrected chi connectivity index (χ1v) is 12.9. The quantitative estimate of drug-likeness (QED) is 0.507. The summed E-state index contributed by atoms with van der Waals surface area (Å²) in [5.74, 6) is -0.607. The average Bonchev–Trinajstić information content (AvgIpc) is 2.92. The summed E-state index contributed by atoms with van der Waals surface area (Å²) in [6, 6.07) is 14.9. The second-order valence-electron chi connectivity index (χ2n) is 9.84. The van der Waals surface area contributed by atoms with E-state index in [4.69, 9.17) is 9.47 Å². The van der Waals surface area contributed by atoms with E-state index < -0.39 is 11.6 Å². The molecule has 1 heterocycles. The molecule has 1 N–H and O–H groups in total. The maximum atomic E-state index is 12.9. The fourth-order valence-corrected chi connectivity index (χ4v) is 4.66. The number of benzene rings is 2. The van der Waals surface area contributed by atoms with E-state index in [0.29, 0.717) is 43.7 Å². The van der Waals surface area contributed by atoms with Gasteiger partial charge in [-0.25, -0.2) is 9.59 Å². The number of nitrogens with zero attached hydrogens (tertiary/aromatic N) is 2. The Kier molecular flexibility index (Phi) is 9.69. The first-order chi connectivity index (χ1) is 17.7. The Labute approximate surface area is 219 Å². The van der Waals surface area contributed by atoms with Gasteiger partial charge in [-0.15, -0.1) is 0 Å². The molecule has 1 unspecified atom stereocenters. The zero-order valence-corrected chi connectivity index (χ0v) is 22.6. The summed E-state index contributed by atoms with van der Waals surface area (Å²) < 4.78 is 10.9. The fourth-order valence-electron chi connectivity index (χ4n) is 4.66. The number of methoxy groups -OCH3 is 1. The van der Waals surface area contributed by atoms with Gasteiger partial charge in [-0.2, -0.15) is 0 Å². The highest BCUT2D eigenvalue weighted by Gasteiger charge is 2.32. The molecule has 1 atom stereocenters. The van der Waals surface area contributed by atoms with Crippen LogP contribution in [0.5, 0.6) is 0 Å². The third-order valence-electron chi connectivity index (χ3n) is 6.76. The minimum Gasteiger partial charge on any atom is -0.465 e. The number of amides is 2. The Morgan fingerprint density at radius 1 is 0.973 bits per heavy atom. The van der Waals surface area contributed by atoms with E-state index in [0.717, 1.165) is 24.2 Å². The predicted octanol–water partition coefficient (Wildman–Crippen LogP) is 4.30. The molecule has 1 fully saturated rings. The minimum atomic E-state index is -0.788. The van der Waals surface area contributed by atoms with Crippen LogP contribution in [-0.2, 0) is 9.47 Å². The summed E-state index contributed by atoms with van der Waals surface area (Å²) in [6.07, 6.45) is 0.160. The number of esters is 1. The lowest BCUT2D eigenvalue weighted by Gasteiger charge is -2.34. The standard InChI is InChI=1S/C29H39N3O5/c1-6-31(7-2)26(33)22-13-11-21(12-14-22)25(23-9-8-10-24(19-23)27(34)36-5)20-29(3,4)37-28(35)32-17-15-30-16-18-32/h8-14,19,25,30H,6-7,15-18,20H2,1-5H3. The molecule has 8 heteroatoms. The fraction of sp³-hybridized carbons (Fsp3) is 0.483. The van der Waals surface area contributed by atoms with Gasteiger partial charge in [0.05, 0.1) is 12.7 Å². The van der Waals surface area contributed by atoms with Crippen molar-refractivity contribution in [3.05, 3.63) is 70.8 Å². The summed E-state index contributed by atoms with van der Waals surface area (Å²) in [7, 11) is 1.36. The molecule has 1 aliphatic heterocycles. The Bertz CT molecular complexity index is 1070. The molecule has 0 radical (unpaired) electrons. The van der Waals surface area contributed by atoms with E-state index in [2.05, 4.69) is 5.32 Å². The number of ether oxygens (including phenoxy) is 2. The SMILES string of the molecule is CCN(CC)C(=O)c1ccc(C(CC(C)(C)OC(=O)N2CCNCC2)c2cccc(C(=O)OC)c2)cc1. The molecule has 0 saturated carbocycles. The molecule has 0 spiro atoms. The van der Waals surface area contributed by atoms with Crippen LogP contribution in [0, 0.1) is 0 Å². The summed E-state index contributed by atoms with van der Waals surface area (Å²) >= 11 is 0. The summed E-state index contributed by atoms with van der Waals surface area (Å²) in [5, 5.41) is 3.24. The number of hydrogen-bond donors (Lipinski definition) is 1. The number of hydrogen-bond acceptors (Lipinski definition) is 6. The Morgan fingerprint density at radius 2 is 1.62 bits per heavy atom. The van der Waals surface area contributed by atoms with Gasteiger partial charge in [-0.1, -0.05) is 24.3 Å². The predicted molar refractivity (Wildman–Crippen MR) is 143 cm³/mol. The van der Waals surface area contributed by atoms with Crippen molar-refractivity contribution in [2.45, 2.75) is 45.6 Å². The van der Waals surface area contributed by atoms with Gasteiger partial charge in [0.2, 0.25) is 0 Å². The lowest BCUT2D eigenvalue weighted by molar-refractivity contribution is 0.00446. The highest BCUT2D eigenvalue weighted by Crippen LogP contribution is 2.35. The van der Waals surface area contributed by atoms with Crippen molar-refractivity contribution in [3.8, 4) is 0 Å². The zero-order valence-electron chi connectivity index (χ0n) is 22.6. The monoisotopic (exact) mass is 509 g/mol. The van der Waals surface area contributed by atoms with Crippen LogP contribution in [0.15, 0.2) is 48.5 Å². The van der Waals surface area contributed by atoms with Crippen LogP contribution in [0.25, 0.3) is 0 Å². The van der Waals surface area contributed by atoms with Crippen LogP contribution in [0.4, 0.5) is 4.79 Å². The lowest BCUT2D eigenvalue weighted by atomic mass is 9.82. The number of nitrogens with one attached hydrogen (secondary N) is 1. The third-order valence-corrected chi connectivity index (χ3v) is 6.76. The molecule has 200 valence electrons. The van der Waals surface area contributed by atoms with Gasteiger partial charge in [0.25, 0.3) is 5.91 Å². The molecular formula is C29H39N3O5. The number of carbonyl (C=O) groups is 3. The van der Waals surface area contributed by atoms with Gasteiger partial charge in [0.1, 0.15) is 5.60 Å². The van der Waals surface area contributed by atoms with Gasteiger partial charge >= 0.3 is 12.1 Å². The van der Waals surface area contributed by atoms with Gasteiger partial charge in [0.15, 0.2) is 0 Å². The molecule has 2 aromatic rings. The van der Waals surface area contributed by atoms with Crippen molar-refractivity contribution in [1.82, 2.24) is 15.1 Å². The minimum absolute atomic E-state index is 0.00827. The number of rotatable bonds is 9. The van der Waals surface area contributed by atoms with Crippen LogP contribution in [0.3, 0.4) is 0 Å². The highest BCUT2D eigenvalue weighted by atomic mass is 16.6. The molecule has 8 nitrogen and oxygen atoms in total. The molecule has 0 aromatic heterocycles. The van der Waals surface area contributed by atoms with Gasteiger partial charge in [-0.3, -0.25) is 4.79 Å². The van der Waals surface area contributed by atoms with E-state index in [1.165, 1.54) is 7.11 Å². The molecule has 0 bridgehead atoms. The van der Waals surface area contributed by atoms with Crippen LogP contribution < -0.4 is 5.32 Å².